The zero-order chi connectivity index (χ0) is 38.6. The van der Waals surface area contributed by atoms with Gasteiger partial charge in [0.2, 0.25) is 0 Å². The third-order valence-electron chi connectivity index (χ3n) is 11.8. The minimum atomic E-state index is 0.502. The molecule has 0 N–H and O–H groups in total. The second-order valence-electron chi connectivity index (χ2n) is 15.0. The van der Waals surface area contributed by atoms with Crippen LogP contribution in [0.2, 0.25) is 0 Å². The van der Waals surface area contributed by atoms with Gasteiger partial charge in [0.15, 0.2) is 28.6 Å². The van der Waals surface area contributed by atoms with Crippen molar-refractivity contribution in [2.75, 3.05) is 0 Å². The van der Waals surface area contributed by atoms with Gasteiger partial charge in [-0.2, -0.15) is 0 Å². The maximum Gasteiger partial charge on any atom is 0.178 e. The van der Waals surface area contributed by atoms with Crippen LogP contribution in [0, 0.1) is 0 Å². The molecule has 0 spiro atoms. The zero-order valence-electron chi connectivity index (χ0n) is 31.3. The van der Waals surface area contributed by atoms with Gasteiger partial charge in [0.25, 0.3) is 0 Å². The van der Waals surface area contributed by atoms with Crippen molar-refractivity contribution >= 4 is 87.4 Å². The van der Waals surface area contributed by atoms with Crippen LogP contribution in [-0.2, 0) is 0 Å². The predicted octanol–water partition coefficient (Wildman–Crippen LogP) is 14.5. The first-order valence-electron chi connectivity index (χ1n) is 19.7. The van der Waals surface area contributed by atoms with Crippen LogP contribution < -0.4 is 0 Å². The molecule has 0 saturated carbocycles. The van der Waals surface area contributed by atoms with Crippen LogP contribution in [0.4, 0.5) is 0 Å². The Balaban J connectivity index is 1.09. The molecule has 13 rings (SSSR count). The highest BCUT2D eigenvalue weighted by molar-refractivity contribution is 6.20. The monoisotopic (exact) mass is 755 g/mol. The number of fused-ring (bicyclic) bond motifs is 12. The van der Waals surface area contributed by atoms with E-state index >= 15 is 0 Å². The standard InChI is InChI=1S/C53H29N3O3/c1-2-14-31-30(12-1)13-7-17-32(31)33-18-8-20-35-34(33)19-9-22-40(35)51-54-52(42-23-11-27-46-47(42)41-16-4-6-26-45(41)57-46)56-53(55-51)43-24-10-21-37-39-29-28-38-36-15-3-5-25-44(36)58-49(38)50(39)59-48(37)43/h1-29H. The predicted molar refractivity (Wildman–Crippen MR) is 238 cm³/mol. The number of para-hydroxylation sites is 3. The largest absolute Gasteiger partial charge is 0.456 e. The smallest absolute Gasteiger partial charge is 0.178 e. The zero-order valence-corrected chi connectivity index (χ0v) is 31.3. The molecular weight excluding hydrogens is 727 g/mol. The number of aromatic nitrogens is 3. The van der Waals surface area contributed by atoms with Gasteiger partial charge < -0.3 is 13.3 Å². The number of benzene rings is 9. The van der Waals surface area contributed by atoms with E-state index in [1.165, 1.54) is 16.3 Å². The van der Waals surface area contributed by atoms with E-state index in [4.69, 9.17) is 28.2 Å². The minimum absolute atomic E-state index is 0.502. The summed E-state index contributed by atoms with van der Waals surface area (Å²) in [5, 5.41) is 10.5. The molecular formula is C53H29N3O3. The van der Waals surface area contributed by atoms with Crippen LogP contribution >= 0.6 is 0 Å². The molecule has 6 heteroatoms. The molecule has 0 saturated heterocycles. The lowest BCUT2D eigenvalue weighted by Crippen LogP contribution is -2.01. The Morgan fingerprint density at radius 2 is 0.712 bits per heavy atom. The topological polar surface area (TPSA) is 78.1 Å². The Morgan fingerprint density at radius 1 is 0.254 bits per heavy atom. The van der Waals surface area contributed by atoms with Gasteiger partial charge in [-0.1, -0.05) is 140 Å². The normalized spacial score (nSPS) is 12.1. The van der Waals surface area contributed by atoms with E-state index in [-0.39, 0.29) is 0 Å². The first kappa shape index (κ1) is 32.0. The first-order chi connectivity index (χ1) is 29.2. The summed E-state index contributed by atoms with van der Waals surface area (Å²) in [6.07, 6.45) is 0. The summed E-state index contributed by atoms with van der Waals surface area (Å²) in [6.45, 7) is 0. The third kappa shape index (κ3) is 4.71. The van der Waals surface area contributed by atoms with E-state index < -0.39 is 0 Å². The summed E-state index contributed by atoms with van der Waals surface area (Å²) in [7, 11) is 0. The number of hydrogen-bond acceptors (Lipinski definition) is 6. The molecule has 0 radical (unpaired) electrons. The van der Waals surface area contributed by atoms with Crippen molar-refractivity contribution in [3.63, 3.8) is 0 Å². The molecule has 0 bridgehead atoms. The molecule has 59 heavy (non-hydrogen) atoms. The summed E-state index contributed by atoms with van der Waals surface area (Å²) in [6, 6.07) is 60.5. The van der Waals surface area contributed by atoms with E-state index in [0.717, 1.165) is 87.7 Å². The fourth-order valence-electron chi connectivity index (χ4n) is 9.11. The Morgan fingerprint density at radius 3 is 1.53 bits per heavy atom. The van der Waals surface area contributed by atoms with Gasteiger partial charge >= 0.3 is 0 Å². The highest BCUT2D eigenvalue weighted by Crippen LogP contribution is 2.43. The molecule has 0 fully saturated rings. The van der Waals surface area contributed by atoms with Crippen LogP contribution in [0.3, 0.4) is 0 Å². The van der Waals surface area contributed by atoms with E-state index in [0.29, 0.717) is 28.6 Å². The summed E-state index contributed by atoms with van der Waals surface area (Å²) < 4.78 is 19.6. The third-order valence-corrected chi connectivity index (χ3v) is 11.8. The lowest BCUT2D eigenvalue weighted by atomic mass is 9.92. The van der Waals surface area contributed by atoms with Gasteiger partial charge in [0, 0.05) is 43.4 Å². The van der Waals surface area contributed by atoms with Crippen molar-refractivity contribution in [3.8, 4) is 45.3 Å². The average Bonchev–Trinajstić information content (AvgIpc) is 4.00. The van der Waals surface area contributed by atoms with Gasteiger partial charge in [-0.25, -0.2) is 15.0 Å². The van der Waals surface area contributed by atoms with Gasteiger partial charge in [0.05, 0.1) is 5.56 Å². The minimum Gasteiger partial charge on any atom is -0.456 e. The van der Waals surface area contributed by atoms with Crippen LogP contribution in [0.1, 0.15) is 0 Å². The highest BCUT2D eigenvalue weighted by atomic mass is 16.4. The maximum atomic E-state index is 6.85. The van der Waals surface area contributed by atoms with Gasteiger partial charge in [-0.3, -0.25) is 0 Å². The summed E-state index contributed by atoms with van der Waals surface area (Å²) >= 11 is 0. The van der Waals surface area contributed by atoms with Crippen LogP contribution in [0.15, 0.2) is 189 Å². The molecule has 6 nitrogen and oxygen atoms in total. The SMILES string of the molecule is c1ccc2c(-c3cccc4c(-c5nc(-c6cccc7c6oc6c7ccc7c8ccccc8oc76)nc(-c6cccc7oc8ccccc8c67)n5)cccc34)cccc2c1. The Bertz CT molecular complexity index is 3870. The van der Waals surface area contributed by atoms with Crippen LogP contribution in [0.5, 0.6) is 0 Å². The fraction of sp³-hybridized carbons (Fsp3) is 0. The van der Waals surface area contributed by atoms with Crippen molar-refractivity contribution in [1.82, 2.24) is 15.0 Å². The average molecular weight is 756 g/mol. The Labute approximate surface area is 335 Å². The number of furan rings is 3. The number of hydrogen-bond donors (Lipinski definition) is 0. The second kappa shape index (κ2) is 12.2. The highest BCUT2D eigenvalue weighted by Gasteiger charge is 2.23. The van der Waals surface area contributed by atoms with Crippen LogP contribution in [-0.4, -0.2) is 15.0 Å². The molecule has 0 amide bonds. The van der Waals surface area contributed by atoms with Crippen LogP contribution in [0.25, 0.3) is 133 Å². The fourth-order valence-corrected chi connectivity index (χ4v) is 9.11. The molecule has 9 aromatic carbocycles. The van der Waals surface area contributed by atoms with Gasteiger partial charge in [-0.15, -0.1) is 0 Å². The summed E-state index contributed by atoms with van der Waals surface area (Å²) in [5.74, 6) is 1.60. The molecule has 13 aromatic rings. The Hall–Kier alpha value is -8.09. The van der Waals surface area contributed by atoms with E-state index in [1.807, 2.05) is 60.7 Å². The molecule has 4 heterocycles. The molecule has 0 unspecified atom stereocenters. The molecule has 4 aromatic heterocycles. The van der Waals surface area contributed by atoms with Gasteiger partial charge in [-0.05, 0) is 69.1 Å². The lowest BCUT2D eigenvalue weighted by Gasteiger charge is -2.14. The lowest BCUT2D eigenvalue weighted by molar-refractivity contribution is 0.633. The Kier molecular flexibility index (Phi) is 6.63. The summed E-state index contributed by atoms with van der Waals surface area (Å²) in [5.41, 5.74) is 9.34. The molecule has 0 aliphatic rings. The van der Waals surface area contributed by atoms with Crippen molar-refractivity contribution < 1.29 is 13.3 Å². The molecule has 274 valence electrons. The van der Waals surface area contributed by atoms with E-state index in [2.05, 4.69) is 115 Å². The van der Waals surface area contributed by atoms with Crippen molar-refractivity contribution in [2.24, 2.45) is 0 Å². The number of nitrogens with zero attached hydrogens (tertiary/aromatic N) is 3. The van der Waals surface area contributed by atoms with E-state index in [1.54, 1.807) is 0 Å². The second-order valence-corrected chi connectivity index (χ2v) is 15.0. The maximum absolute atomic E-state index is 6.85. The quantitative estimate of drug-likeness (QED) is 0.178. The molecule has 0 atom stereocenters. The van der Waals surface area contributed by atoms with Crippen molar-refractivity contribution in [3.05, 3.63) is 176 Å². The first-order valence-corrected chi connectivity index (χ1v) is 19.7. The number of rotatable bonds is 4. The van der Waals surface area contributed by atoms with Gasteiger partial charge in [0.1, 0.15) is 22.3 Å². The molecule has 0 aliphatic heterocycles. The molecule has 0 aliphatic carbocycles. The van der Waals surface area contributed by atoms with Crippen molar-refractivity contribution in [2.45, 2.75) is 0 Å². The van der Waals surface area contributed by atoms with Crippen molar-refractivity contribution in [1.29, 1.82) is 0 Å². The summed E-state index contributed by atoms with van der Waals surface area (Å²) in [4.78, 5) is 15.9. The van der Waals surface area contributed by atoms with E-state index in [9.17, 15) is 0 Å².